The van der Waals surface area contributed by atoms with Crippen molar-refractivity contribution in [3.63, 3.8) is 0 Å². The molecular formula is C9H15N5O3S. The van der Waals surface area contributed by atoms with Crippen LogP contribution < -0.4 is 11.1 Å². The van der Waals surface area contributed by atoms with Crippen LogP contribution in [-0.4, -0.2) is 47.5 Å². The molecule has 1 fully saturated rings. The third kappa shape index (κ3) is 1.95. The normalized spacial score (nSPS) is 21.9. The molecule has 1 aliphatic heterocycles. The standard InChI is InChI=1S/C9H15N5O3S/c1-6-9(15)11-3-4-14(6)18(16,17)7-5-13(2)12-8(7)10/h5-6H,3-4H2,1-2H3,(H2,10,12)(H,11,15). The Hall–Kier alpha value is -1.61. The Balaban J connectivity index is 2.42. The van der Waals surface area contributed by atoms with Gasteiger partial charge in [-0.3, -0.25) is 9.48 Å². The number of sulfonamides is 1. The summed E-state index contributed by atoms with van der Waals surface area (Å²) in [6, 6.07) is -0.747. The second kappa shape index (κ2) is 4.25. The summed E-state index contributed by atoms with van der Waals surface area (Å²) in [6.07, 6.45) is 1.34. The van der Waals surface area contributed by atoms with Crippen molar-refractivity contribution in [2.24, 2.45) is 7.05 Å². The van der Waals surface area contributed by atoms with Crippen molar-refractivity contribution in [3.05, 3.63) is 6.20 Å². The van der Waals surface area contributed by atoms with E-state index in [1.54, 1.807) is 14.0 Å². The lowest BCUT2D eigenvalue weighted by atomic mass is 10.2. The molecule has 1 aromatic rings. The molecule has 100 valence electrons. The van der Waals surface area contributed by atoms with E-state index in [0.29, 0.717) is 6.54 Å². The van der Waals surface area contributed by atoms with E-state index in [1.807, 2.05) is 0 Å². The van der Waals surface area contributed by atoms with E-state index in [0.717, 1.165) is 4.31 Å². The quantitative estimate of drug-likeness (QED) is 0.682. The Kier molecular flexibility index (Phi) is 3.03. The zero-order chi connectivity index (χ0) is 13.5. The molecule has 8 nitrogen and oxygen atoms in total. The number of nitrogens with one attached hydrogen (secondary N) is 1. The number of hydrogen-bond donors (Lipinski definition) is 2. The topological polar surface area (TPSA) is 110 Å². The van der Waals surface area contributed by atoms with Crippen LogP contribution in [0.4, 0.5) is 5.82 Å². The number of aryl methyl sites for hydroxylation is 1. The van der Waals surface area contributed by atoms with Gasteiger partial charge in [-0.15, -0.1) is 0 Å². The second-order valence-electron chi connectivity index (χ2n) is 4.14. The van der Waals surface area contributed by atoms with Crippen molar-refractivity contribution in [1.29, 1.82) is 0 Å². The molecule has 2 heterocycles. The van der Waals surface area contributed by atoms with Gasteiger partial charge in [0.25, 0.3) is 0 Å². The molecule has 1 unspecified atom stereocenters. The number of nitrogen functional groups attached to an aromatic ring is 1. The number of nitrogens with zero attached hydrogens (tertiary/aromatic N) is 3. The van der Waals surface area contributed by atoms with E-state index < -0.39 is 16.1 Å². The molecule has 2 rings (SSSR count). The minimum Gasteiger partial charge on any atom is -0.381 e. The van der Waals surface area contributed by atoms with Crippen LogP contribution in [0.25, 0.3) is 0 Å². The third-order valence-electron chi connectivity index (χ3n) is 2.85. The third-order valence-corrected chi connectivity index (χ3v) is 4.84. The van der Waals surface area contributed by atoms with Crippen LogP contribution in [0.3, 0.4) is 0 Å². The monoisotopic (exact) mass is 273 g/mol. The van der Waals surface area contributed by atoms with Gasteiger partial charge in [0.15, 0.2) is 5.82 Å². The molecule has 1 amide bonds. The highest BCUT2D eigenvalue weighted by molar-refractivity contribution is 7.89. The molecule has 9 heteroatoms. The van der Waals surface area contributed by atoms with Crippen molar-refractivity contribution in [3.8, 4) is 0 Å². The lowest BCUT2D eigenvalue weighted by Crippen LogP contribution is -2.55. The fourth-order valence-corrected chi connectivity index (χ4v) is 3.59. The van der Waals surface area contributed by atoms with Gasteiger partial charge in [-0.1, -0.05) is 0 Å². The fraction of sp³-hybridized carbons (Fsp3) is 0.556. The molecule has 3 N–H and O–H groups in total. The number of piperazine rings is 1. The number of aromatic nitrogens is 2. The van der Waals surface area contributed by atoms with Crippen LogP contribution in [0.5, 0.6) is 0 Å². The summed E-state index contributed by atoms with van der Waals surface area (Å²) in [4.78, 5) is 11.4. The number of nitrogens with two attached hydrogens (primary N) is 1. The molecule has 1 aromatic heterocycles. The number of anilines is 1. The summed E-state index contributed by atoms with van der Waals surface area (Å²) >= 11 is 0. The van der Waals surface area contributed by atoms with Crippen molar-refractivity contribution in [2.75, 3.05) is 18.8 Å². The van der Waals surface area contributed by atoms with Gasteiger partial charge in [-0.2, -0.15) is 9.40 Å². The van der Waals surface area contributed by atoms with Crippen molar-refractivity contribution >= 4 is 21.7 Å². The van der Waals surface area contributed by atoms with Crippen molar-refractivity contribution in [1.82, 2.24) is 19.4 Å². The maximum atomic E-state index is 12.4. The molecule has 18 heavy (non-hydrogen) atoms. The predicted molar refractivity (Wildman–Crippen MR) is 64.0 cm³/mol. The average molecular weight is 273 g/mol. The number of hydrogen-bond acceptors (Lipinski definition) is 5. The Morgan fingerprint density at radius 2 is 2.22 bits per heavy atom. The second-order valence-corrected chi connectivity index (χ2v) is 5.99. The van der Waals surface area contributed by atoms with Gasteiger partial charge < -0.3 is 11.1 Å². The Morgan fingerprint density at radius 3 is 2.78 bits per heavy atom. The predicted octanol–water partition coefficient (Wildman–Crippen LogP) is -1.49. The van der Waals surface area contributed by atoms with Gasteiger partial charge in [-0.25, -0.2) is 8.42 Å². The SMILES string of the molecule is CC1C(=O)NCCN1S(=O)(=O)c1cn(C)nc1N. The summed E-state index contributed by atoms with van der Waals surface area (Å²) in [6.45, 7) is 2.06. The van der Waals surface area contributed by atoms with E-state index in [9.17, 15) is 13.2 Å². The zero-order valence-electron chi connectivity index (χ0n) is 10.1. The van der Waals surface area contributed by atoms with Gasteiger partial charge in [0.1, 0.15) is 10.9 Å². The van der Waals surface area contributed by atoms with Crippen LogP contribution in [-0.2, 0) is 21.9 Å². The van der Waals surface area contributed by atoms with Gasteiger partial charge in [0, 0.05) is 26.3 Å². The van der Waals surface area contributed by atoms with Crippen LogP contribution in [0.15, 0.2) is 11.1 Å². The first-order valence-corrected chi connectivity index (χ1v) is 6.86. The highest BCUT2D eigenvalue weighted by Crippen LogP contribution is 2.23. The van der Waals surface area contributed by atoms with Crippen LogP contribution in [0.2, 0.25) is 0 Å². The Labute approximate surface area is 105 Å². The smallest absolute Gasteiger partial charge is 0.249 e. The molecule has 1 aliphatic rings. The zero-order valence-corrected chi connectivity index (χ0v) is 10.9. The van der Waals surface area contributed by atoms with Gasteiger partial charge in [0.05, 0.1) is 0 Å². The van der Waals surface area contributed by atoms with Gasteiger partial charge >= 0.3 is 0 Å². The molecule has 0 radical (unpaired) electrons. The molecule has 0 saturated carbocycles. The number of carbonyl (C=O) groups excluding carboxylic acids is 1. The molecule has 1 saturated heterocycles. The van der Waals surface area contributed by atoms with Crippen molar-refractivity contribution < 1.29 is 13.2 Å². The lowest BCUT2D eigenvalue weighted by Gasteiger charge is -2.31. The summed E-state index contributed by atoms with van der Waals surface area (Å²) in [5.74, 6) is -0.372. The molecule has 0 aliphatic carbocycles. The van der Waals surface area contributed by atoms with Crippen LogP contribution in [0, 0.1) is 0 Å². The minimum atomic E-state index is -3.79. The molecule has 0 spiro atoms. The first-order valence-electron chi connectivity index (χ1n) is 5.42. The molecule has 0 bridgehead atoms. The van der Waals surface area contributed by atoms with E-state index in [2.05, 4.69) is 10.4 Å². The first-order chi connectivity index (χ1) is 8.34. The summed E-state index contributed by atoms with van der Waals surface area (Å²) < 4.78 is 27.2. The minimum absolute atomic E-state index is 0.0596. The van der Waals surface area contributed by atoms with E-state index in [-0.39, 0.29) is 23.2 Å². The first kappa shape index (κ1) is 12.8. The number of carbonyl (C=O) groups is 1. The van der Waals surface area contributed by atoms with E-state index in [1.165, 1.54) is 10.9 Å². The lowest BCUT2D eigenvalue weighted by molar-refractivity contribution is -0.126. The summed E-state index contributed by atoms with van der Waals surface area (Å²) in [5.41, 5.74) is 5.58. The van der Waals surface area contributed by atoms with Gasteiger partial charge in [0.2, 0.25) is 15.9 Å². The van der Waals surface area contributed by atoms with Gasteiger partial charge in [-0.05, 0) is 6.92 Å². The van der Waals surface area contributed by atoms with E-state index in [4.69, 9.17) is 5.73 Å². The summed E-state index contributed by atoms with van der Waals surface area (Å²) in [5, 5.41) is 6.41. The Morgan fingerprint density at radius 1 is 1.56 bits per heavy atom. The largest absolute Gasteiger partial charge is 0.381 e. The Bertz CT molecular complexity index is 579. The molecule has 0 aromatic carbocycles. The average Bonchev–Trinajstić information content (AvgIpc) is 2.62. The maximum Gasteiger partial charge on any atom is 0.249 e. The van der Waals surface area contributed by atoms with Crippen LogP contribution >= 0.6 is 0 Å². The maximum absolute atomic E-state index is 12.4. The summed E-state index contributed by atoms with van der Waals surface area (Å²) in [7, 11) is -2.20. The highest BCUT2D eigenvalue weighted by atomic mass is 32.2. The van der Waals surface area contributed by atoms with Crippen LogP contribution in [0.1, 0.15) is 6.92 Å². The molecule has 1 atom stereocenters. The number of rotatable bonds is 2. The number of amides is 1. The fourth-order valence-electron chi connectivity index (χ4n) is 1.90. The molecular weight excluding hydrogens is 258 g/mol. The van der Waals surface area contributed by atoms with Crippen molar-refractivity contribution in [2.45, 2.75) is 17.9 Å². The van der Waals surface area contributed by atoms with E-state index >= 15 is 0 Å². The highest BCUT2D eigenvalue weighted by Gasteiger charge is 2.37.